The molecular formula is C16H30N2O. The van der Waals surface area contributed by atoms with Gasteiger partial charge in [-0.3, -0.25) is 0 Å². The van der Waals surface area contributed by atoms with Crippen molar-refractivity contribution in [2.24, 2.45) is 0 Å². The Labute approximate surface area is 118 Å². The normalized spacial score (nSPS) is 11.3. The first-order valence-electron chi connectivity index (χ1n) is 7.82. The Morgan fingerprint density at radius 1 is 1.05 bits per heavy atom. The lowest BCUT2D eigenvalue weighted by Crippen LogP contribution is -2.29. The zero-order chi connectivity index (χ0) is 13.8. The molecule has 1 aromatic heterocycles. The molecule has 0 saturated carbocycles. The lowest BCUT2D eigenvalue weighted by molar-refractivity contribution is 0.260. The van der Waals surface area contributed by atoms with Gasteiger partial charge in [0.25, 0.3) is 0 Å². The number of hydrogen-bond acceptors (Lipinski definition) is 3. The highest BCUT2D eigenvalue weighted by Crippen LogP contribution is 2.01. The maximum Gasteiger partial charge on any atom is 0.117 e. The van der Waals surface area contributed by atoms with Crippen molar-refractivity contribution in [2.75, 3.05) is 26.2 Å². The van der Waals surface area contributed by atoms with Gasteiger partial charge in [0.15, 0.2) is 0 Å². The van der Waals surface area contributed by atoms with E-state index in [1.54, 1.807) is 6.26 Å². The molecule has 0 radical (unpaired) electrons. The van der Waals surface area contributed by atoms with Gasteiger partial charge in [-0.1, -0.05) is 26.7 Å². The maximum absolute atomic E-state index is 5.29. The van der Waals surface area contributed by atoms with Gasteiger partial charge in [-0.2, -0.15) is 0 Å². The van der Waals surface area contributed by atoms with Gasteiger partial charge in [0, 0.05) is 0 Å². The highest BCUT2D eigenvalue weighted by Gasteiger charge is 2.03. The summed E-state index contributed by atoms with van der Waals surface area (Å²) in [6.45, 7) is 10.2. The van der Waals surface area contributed by atoms with E-state index in [1.165, 1.54) is 51.7 Å². The molecule has 0 aromatic carbocycles. The van der Waals surface area contributed by atoms with E-state index in [0.717, 1.165) is 18.8 Å². The summed E-state index contributed by atoms with van der Waals surface area (Å²) in [6.07, 6.45) is 8.17. The summed E-state index contributed by atoms with van der Waals surface area (Å²) in [6, 6.07) is 3.95. The smallest absolute Gasteiger partial charge is 0.117 e. The SMILES string of the molecule is CCCCN(CCCC)CCCNCc1ccco1. The van der Waals surface area contributed by atoms with Crippen LogP contribution < -0.4 is 5.32 Å². The third kappa shape index (κ3) is 8.06. The minimum Gasteiger partial charge on any atom is -0.468 e. The highest BCUT2D eigenvalue weighted by atomic mass is 16.3. The largest absolute Gasteiger partial charge is 0.468 e. The van der Waals surface area contributed by atoms with Crippen LogP contribution in [0.2, 0.25) is 0 Å². The van der Waals surface area contributed by atoms with Crippen LogP contribution in [0.3, 0.4) is 0 Å². The van der Waals surface area contributed by atoms with Crippen molar-refractivity contribution in [3.63, 3.8) is 0 Å². The Kier molecular flexibility index (Phi) is 9.46. The van der Waals surface area contributed by atoms with Crippen molar-refractivity contribution in [3.8, 4) is 0 Å². The van der Waals surface area contributed by atoms with Crippen LogP contribution in [-0.2, 0) is 6.54 Å². The van der Waals surface area contributed by atoms with Crippen LogP contribution in [-0.4, -0.2) is 31.1 Å². The molecule has 110 valence electrons. The maximum atomic E-state index is 5.29. The molecule has 0 atom stereocenters. The van der Waals surface area contributed by atoms with Gasteiger partial charge in [0.1, 0.15) is 5.76 Å². The number of hydrogen-bond donors (Lipinski definition) is 1. The lowest BCUT2D eigenvalue weighted by atomic mass is 10.2. The Hall–Kier alpha value is -0.800. The van der Waals surface area contributed by atoms with Gasteiger partial charge in [-0.05, 0) is 57.6 Å². The van der Waals surface area contributed by atoms with E-state index >= 15 is 0 Å². The molecule has 0 aliphatic carbocycles. The number of unbranched alkanes of at least 4 members (excludes halogenated alkanes) is 2. The average molecular weight is 266 g/mol. The fourth-order valence-corrected chi connectivity index (χ4v) is 2.15. The van der Waals surface area contributed by atoms with Gasteiger partial charge < -0.3 is 14.6 Å². The summed E-state index contributed by atoms with van der Waals surface area (Å²) >= 11 is 0. The molecule has 0 bridgehead atoms. The molecule has 0 unspecified atom stereocenters. The molecule has 3 heteroatoms. The van der Waals surface area contributed by atoms with E-state index in [4.69, 9.17) is 4.42 Å². The number of rotatable bonds is 12. The molecular weight excluding hydrogens is 236 g/mol. The minimum absolute atomic E-state index is 0.844. The van der Waals surface area contributed by atoms with Crippen LogP contribution in [0.1, 0.15) is 51.7 Å². The van der Waals surface area contributed by atoms with Crippen molar-refractivity contribution in [2.45, 2.75) is 52.5 Å². The Morgan fingerprint density at radius 3 is 2.32 bits per heavy atom. The van der Waals surface area contributed by atoms with Gasteiger partial charge in [-0.15, -0.1) is 0 Å². The predicted octanol–water partition coefficient (Wildman–Crippen LogP) is 3.66. The van der Waals surface area contributed by atoms with E-state index in [9.17, 15) is 0 Å². The highest BCUT2D eigenvalue weighted by molar-refractivity contribution is 4.97. The van der Waals surface area contributed by atoms with E-state index < -0.39 is 0 Å². The molecule has 0 spiro atoms. The molecule has 1 rings (SSSR count). The standard InChI is InChI=1S/C16H30N2O/c1-3-5-11-18(12-6-4-2)13-8-10-17-15-16-9-7-14-19-16/h7,9,14,17H,3-6,8,10-13,15H2,1-2H3. The summed E-state index contributed by atoms with van der Waals surface area (Å²) in [5.41, 5.74) is 0. The van der Waals surface area contributed by atoms with Gasteiger partial charge in [0.05, 0.1) is 12.8 Å². The van der Waals surface area contributed by atoms with Crippen molar-refractivity contribution in [1.29, 1.82) is 0 Å². The van der Waals surface area contributed by atoms with Crippen LogP contribution in [0.4, 0.5) is 0 Å². The fraction of sp³-hybridized carbons (Fsp3) is 0.750. The molecule has 0 fully saturated rings. The van der Waals surface area contributed by atoms with E-state index in [0.29, 0.717) is 0 Å². The number of nitrogens with zero attached hydrogens (tertiary/aromatic N) is 1. The monoisotopic (exact) mass is 266 g/mol. The molecule has 0 amide bonds. The zero-order valence-corrected chi connectivity index (χ0v) is 12.7. The Morgan fingerprint density at radius 2 is 1.74 bits per heavy atom. The first-order valence-corrected chi connectivity index (χ1v) is 7.82. The summed E-state index contributed by atoms with van der Waals surface area (Å²) in [7, 11) is 0. The molecule has 1 heterocycles. The first-order chi connectivity index (χ1) is 9.36. The fourth-order valence-electron chi connectivity index (χ4n) is 2.15. The first kappa shape index (κ1) is 16.3. The molecule has 0 saturated heterocycles. The molecule has 19 heavy (non-hydrogen) atoms. The molecule has 0 aliphatic heterocycles. The second-order valence-corrected chi connectivity index (χ2v) is 5.16. The van der Waals surface area contributed by atoms with Crippen LogP contribution >= 0.6 is 0 Å². The second kappa shape index (κ2) is 11.1. The molecule has 1 N–H and O–H groups in total. The Balaban J connectivity index is 2.05. The van der Waals surface area contributed by atoms with Crippen LogP contribution in [0.5, 0.6) is 0 Å². The van der Waals surface area contributed by atoms with Gasteiger partial charge in [0.2, 0.25) is 0 Å². The van der Waals surface area contributed by atoms with Crippen molar-refractivity contribution in [1.82, 2.24) is 10.2 Å². The van der Waals surface area contributed by atoms with E-state index in [-0.39, 0.29) is 0 Å². The zero-order valence-electron chi connectivity index (χ0n) is 12.7. The summed E-state index contributed by atoms with van der Waals surface area (Å²) in [4.78, 5) is 2.61. The third-order valence-electron chi connectivity index (χ3n) is 3.36. The van der Waals surface area contributed by atoms with E-state index in [1.807, 2.05) is 12.1 Å². The molecule has 0 aliphatic rings. The topological polar surface area (TPSA) is 28.4 Å². The third-order valence-corrected chi connectivity index (χ3v) is 3.36. The lowest BCUT2D eigenvalue weighted by Gasteiger charge is -2.21. The van der Waals surface area contributed by atoms with Crippen molar-refractivity contribution < 1.29 is 4.42 Å². The second-order valence-electron chi connectivity index (χ2n) is 5.16. The van der Waals surface area contributed by atoms with E-state index in [2.05, 4.69) is 24.1 Å². The summed E-state index contributed by atoms with van der Waals surface area (Å²) in [5, 5.41) is 3.43. The van der Waals surface area contributed by atoms with Gasteiger partial charge >= 0.3 is 0 Å². The molecule has 1 aromatic rings. The Bertz CT molecular complexity index is 277. The van der Waals surface area contributed by atoms with Crippen molar-refractivity contribution in [3.05, 3.63) is 24.2 Å². The summed E-state index contributed by atoms with van der Waals surface area (Å²) < 4.78 is 5.29. The van der Waals surface area contributed by atoms with Crippen LogP contribution in [0.25, 0.3) is 0 Å². The van der Waals surface area contributed by atoms with Crippen molar-refractivity contribution >= 4 is 0 Å². The average Bonchev–Trinajstić information content (AvgIpc) is 2.93. The quantitative estimate of drug-likeness (QED) is 0.585. The molecule has 3 nitrogen and oxygen atoms in total. The van der Waals surface area contributed by atoms with Crippen LogP contribution in [0.15, 0.2) is 22.8 Å². The summed E-state index contributed by atoms with van der Waals surface area (Å²) in [5.74, 6) is 1.02. The number of furan rings is 1. The van der Waals surface area contributed by atoms with Crippen LogP contribution in [0, 0.1) is 0 Å². The number of nitrogens with one attached hydrogen (secondary N) is 1. The minimum atomic E-state index is 0.844. The predicted molar refractivity (Wildman–Crippen MR) is 81.3 cm³/mol. The van der Waals surface area contributed by atoms with Gasteiger partial charge in [-0.25, -0.2) is 0 Å².